The highest BCUT2D eigenvalue weighted by molar-refractivity contribution is 8.02. The van der Waals surface area contributed by atoms with Crippen molar-refractivity contribution >= 4 is 33.7 Å². The first kappa shape index (κ1) is 23.0. The molecule has 1 saturated heterocycles. The first-order chi connectivity index (χ1) is 15.9. The van der Waals surface area contributed by atoms with E-state index >= 15 is 0 Å². The number of nitrogens with zero attached hydrogens (tertiary/aromatic N) is 1. The number of hydrogen-bond acceptors (Lipinski definition) is 5. The highest BCUT2D eigenvalue weighted by Crippen LogP contribution is 2.32. The first-order valence-corrected chi connectivity index (χ1v) is 12.7. The Morgan fingerprint density at radius 1 is 0.909 bits per heavy atom. The van der Waals surface area contributed by atoms with Gasteiger partial charge in [0.1, 0.15) is 5.37 Å². The number of carboxylic acid groups (broad SMARTS) is 1. The van der Waals surface area contributed by atoms with Crippen LogP contribution >= 0.6 is 11.8 Å². The van der Waals surface area contributed by atoms with Crippen molar-refractivity contribution in [3.8, 4) is 11.1 Å². The molecule has 7 nitrogen and oxygen atoms in total. The van der Waals surface area contributed by atoms with Crippen LogP contribution in [0.15, 0.2) is 89.8 Å². The van der Waals surface area contributed by atoms with Gasteiger partial charge in [-0.3, -0.25) is 4.79 Å². The third-order valence-electron chi connectivity index (χ3n) is 5.31. The Bertz CT molecular complexity index is 1230. The Balaban J connectivity index is 1.54. The van der Waals surface area contributed by atoms with Crippen LogP contribution in [-0.2, 0) is 19.6 Å². The molecule has 1 aliphatic rings. The lowest BCUT2D eigenvalue weighted by molar-refractivity contribution is -0.142. The Labute approximate surface area is 196 Å². The average Bonchev–Trinajstić information content (AvgIpc) is 3.35. The van der Waals surface area contributed by atoms with Crippen LogP contribution in [0, 0.1) is 0 Å². The van der Waals surface area contributed by atoms with Crippen molar-refractivity contribution in [3.05, 3.63) is 90.5 Å². The lowest BCUT2D eigenvalue weighted by Crippen LogP contribution is -2.46. The van der Waals surface area contributed by atoms with Gasteiger partial charge in [-0.1, -0.05) is 72.8 Å². The molecule has 2 N–H and O–H groups in total. The summed E-state index contributed by atoms with van der Waals surface area (Å²) in [5.41, 5.74) is 2.26. The van der Waals surface area contributed by atoms with Gasteiger partial charge in [0.15, 0.2) is 6.04 Å². The fourth-order valence-corrected chi connectivity index (χ4v) is 6.72. The van der Waals surface area contributed by atoms with Gasteiger partial charge in [0.2, 0.25) is 15.9 Å². The van der Waals surface area contributed by atoms with Crippen molar-refractivity contribution in [1.82, 2.24) is 9.62 Å². The highest BCUT2D eigenvalue weighted by Gasteiger charge is 2.41. The number of amides is 1. The summed E-state index contributed by atoms with van der Waals surface area (Å²) in [5, 5.41) is 11.0. The molecule has 33 heavy (non-hydrogen) atoms. The molecule has 2 unspecified atom stereocenters. The van der Waals surface area contributed by atoms with E-state index < -0.39 is 33.3 Å². The van der Waals surface area contributed by atoms with Gasteiger partial charge in [0.25, 0.3) is 0 Å². The van der Waals surface area contributed by atoms with Gasteiger partial charge in [-0.25, -0.2) is 13.2 Å². The van der Waals surface area contributed by atoms with Crippen molar-refractivity contribution < 1.29 is 23.1 Å². The van der Waals surface area contributed by atoms with Gasteiger partial charge in [-0.15, -0.1) is 11.8 Å². The number of rotatable bonds is 7. The normalized spacial score (nSPS) is 17.4. The molecule has 0 bridgehead atoms. The van der Waals surface area contributed by atoms with Crippen LogP contribution in [-0.4, -0.2) is 47.4 Å². The summed E-state index contributed by atoms with van der Waals surface area (Å²) in [6.45, 7) is 0.161. The van der Waals surface area contributed by atoms with Gasteiger partial charge >= 0.3 is 5.97 Å². The molecule has 170 valence electrons. The molecule has 4 rings (SSSR count). The maximum absolute atomic E-state index is 13.3. The summed E-state index contributed by atoms with van der Waals surface area (Å²) >= 11 is 1.17. The fourth-order valence-electron chi connectivity index (χ4n) is 3.64. The van der Waals surface area contributed by atoms with E-state index in [-0.39, 0.29) is 11.4 Å². The van der Waals surface area contributed by atoms with E-state index in [0.29, 0.717) is 11.3 Å². The molecule has 1 aliphatic heterocycles. The predicted molar refractivity (Wildman–Crippen MR) is 127 cm³/mol. The second-order valence-corrected chi connectivity index (χ2v) is 10.5. The lowest BCUT2D eigenvalue weighted by atomic mass is 10.1. The van der Waals surface area contributed by atoms with Crippen LogP contribution in [0.2, 0.25) is 0 Å². The van der Waals surface area contributed by atoms with Gasteiger partial charge in [0.05, 0.1) is 4.90 Å². The van der Waals surface area contributed by atoms with E-state index in [1.54, 1.807) is 42.5 Å². The Morgan fingerprint density at radius 3 is 2.09 bits per heavy atom. The van der Waals surface area contributed by atoms with Crippen LogP contribution in [0.4, 0.5) is 0 Å². The van der Waals surface area contributed by atoms with Crippen molar-refractivity contribution in [1.29, 1.82) is 0 Å². The molecule has 3 aromatic rings. The number of thioether (sulfide) groups is 1. The minimum atomic E-state index is -3.95. The van der Waals surface area contributed by atoms with Gasteiger partial charge < -0.3 is 10.4 Å². The van der Waals surface area contributed by atoms with Crippen molar-refractivity contribution in [2.45, 2.75) is 16.3 Å². The quantitative estimate of drug-likeness (QED) is 0.535. The van der Waals surface area contributed by atoms with E-state index in [0.717, 1.165) is 15.4 Å². The number of aliphatic carboxylic acids is 1. The molecular weight excluding hydrogens is 460 g/mol. The number of carbonyl (C=O) groups excluding carboxylic acids is 1. The molecule has 0 aromatic heterocycles. The third kappa shape index (κ3) is 4.95. The molecule has 0 radical (unpaired) electrons. The minimum absolute atomic E-state index is 0.0836. The van der Waals surface area contributed by atoms with Gasteiger partial charge in [-0.2, -0.15) is 4.31 Å². The Kier molecular flexibility index (Phi) is 6.83. The molecule has 9 heteroatoms. The maximum Gasteiger partial charge on any atom is 0.330 e. The summed E-state index contributed by atoms with van der Waals surface area (Å²) in [5.74, 6) is -1.44. The monoisotopic (exact) mass is 482 g/mol. The van der Waals surface area contributed by atoms with E-state index in [2.05, 4.69) is 5.32 Å². The van der Waals surface area contributed by atoms with E-state index in [1.165, 1.54) is 23.9 Å². The molecule has 3 aromatic carbocycles. The predicted octanol–water partition coefficient (Wildman–Crippen LogP) is 3.36. The first-order valence-electron chi connectivity index (χ1n) is 10.2. The van der Waals surface area contributed by atoms with Gasteiger partial charge in [-0.05, 0) is 28.8 Å². The lowest BCUT2D eigenvalue weighted by Gasteiger charge is -2.24. The zero-order chi connectivity index (χ0) is 23.4. The summed E-state index contributed by atoms with van der Waals surface area (Å²) in [6.07, 6.45) is 0. The average molecular weight is 483 g/mol. The van der Waals surface area contributed by atoms with Crippen LogP contribution in [0.5, 0.6) is 0 Å². The van der Waals surface area contributed by atoms with E-state index in [9.17, 15) is 23.1 Å². The number of carboxylic acids is 1. The number of sulfonamides is 1. The molecule has 2 atom stereocenters. The maximum atomic E-state index is 13.3. The van der Waals surface area contributed by atoms with Gasteiger partial charge in [0, 0.05) is 12.3 Å². The number of carbonyl (C=O) groups is 2. The van der Waals surface area contributed by atoms with Crippen molar-refractivity contribution in [2.75, 3.05) is 12.3 Å². The molecule has 0 spiro atoms. The third-order valence-corrected chi connectivity index (χ3v) is 8.52. The number of hydrogen-bond donors (Lipinski definition) is 2. The van der Waals surface area contributed by atoms with Crippen LogP contribution < -0.4 is 5.32 Å². The van der Waals surface area contributed by atoms with E-state index in [4.69, 9.17) is 0 Å². The fraction of sp³-hybridized carbons (Fsp3) is 0.167. The summed E-state index contributed by atoms with van der Waals surface area (Å²) in [4.78, 5) is 24.8. The molecule has 0 aliphatic carbocycles. The van der Waals surface area contributed by atoms with Crippen LogP contribution in [0.25, 0.3) is 11.1 Å². The number of benzene rings is 3. The van der Waals surface area contributed by atoms with Crippen LogP contribution in [0.3, 0.4) is 0 Å². The summed E-state index contributed by atoms with van der Waals surface area (Å²) in [7, 11) is -3.95. The molecule has 1 heterocycles. The second-order valence-electron chi connectivity index (χ2n) is 7.42. The van der Waals surface area contributed by atoms with Crippen molar-refractivity contribution in [2.24, 2.45) is 0 Å². The highest BCUT2D eigenvalue weighted by atomic mass is 32.2. The van der Waals surface area contributed by atoms with E-state index in [1.807, 2.05) is 30.3 Å². The topological polar surface area (TPSA) is 104 Å². The Hall–Kier alpha value is -3.14. The SMILES string of the molecule is O=C(O)C(NC(=O)C1SCCN1S(=O)(=O)c1ccc(-c2ccccc2)cc1)c1ccccc1. The summed E-state index contributed by atoms with van der Waals surface area (Å²) in [6, 6.07) is 23.2. The standard InChI is InChI=1S/C24H22N2O5S2/c27-22(25-21(24(28)29)19-9-5-2-6-10-19)23-26(15-16-32-23)33(30,31)20-13-11-18(12-14-20)17-7-3-1-4-8-17/h1-14,21,23H,15-16H2,(H,25,27)(H,28,29). The Morgan fingerprint density at radius 2 is 1.48 bits per heavy atom. The molecule has 1 fully saturated rings. The van der Waals surface area contributed by atoms with Crippen LogP contribution in [0.1, 0.15) is 11.6 Å². The molecular formula is C24H22N2O5S2. The zero-order valence-corrected chi connectivity index (χ0v) is 19.1. The number of nitrogens with one attached hydrogen (secondary N) is 1. The largest absolute Gasteiger partial charge is 0.479 e. The second kappa shape index (κ2) is 9.78. The molecule has 1 amide bonds. The summed E-state index contributed by atoms with van der Waals surface area (Å²) < 4.78 is 27.7. The van der Waals surface area contributed by atoms with Crippen molar-refractivity contribution in [3.63, 3.8) is 0 Å². The zero-order valence-electron chi connectivity index (χ0n) is 17.5. The molecule has 0 saturated carbocycles. The smallest absolute Gasteiger partial charge is 0.330 e. The minimum Gasteiger partial charge on any atom is -0.479 e.